The van der Waals surface area contributed by atoms with Crippen LogP contribution in [0.3, 0.4) is 0 Å². The number of nitrogens with two attached hydrogens (primary N) is 1. The topological polar surface area (TPSA) is 109 Å². The highest BCUT2D eigenvalue weighted by atomic mass is 32.2. The lowest BCUT2D eigenvalue weighted by Crippen LogP contribution is -2.45. The Bertz CT molecular complexity index is 552. The maximum absolute atomic E-state index is 12.0. The molecule has 18 heavy (non-hydrogen) atoms. The summed E-state index contributed by atoms with van der Waals surface area (Å²) in [5.41, 5.74) is 4.06. The molecule has 100 valence electrons. The minimum Gasteiger partial charge on any atom is -0.508 e. The van der Waals surface area contributed by atoms with Crippen molar-refractivity contribution in [2.24, 2.45) is 5.73 Å². The Kier molecular flexibility index (Phi) is 3.98. The van der Waals surface area contributed by atoms with Crippen LogP contribution in [0.4, 0.5) is 0 Å². The van der Waals surface area contributed by atoms with Crippen molar-refractivity contribution in [2.75, 3.05) is 0 Å². The van der Waals surface area contributed by atoms with Crippen molar-refractivity contribution in [3.8, 4) is 5.75 Å². The lowest BCUT2D eigenvalue weighted by molar-refractivity contribution is -0.119. The maximum atomic E-state index is 12.0. The number of sulfonamides is 1. The van der Waals surface area contributed by atoms with Crippen LogP contribution in [-0.4, -0.2) is 25.0 Å². The summed E-state index contributed by atoms with van der Waals surface area (Å²) in [6.45, 7) is 3.11. The van der Waals surface area contributed by atoms with Crippen molar-refractivity contribution >= 4 is 15.9 Å². The van der Waals surface area contributed by atoms with Gasteiger partial charge in [-0.05, 0) is 32.0 Å². The Labute approximate surface area is 106 Å². The summed E-state index contributed by atoms with van der Waals surface area (Å²) in [5, 5.41) is 9.25. The molecule has 0 saturated heterocycles. The number of rotatable bonds is 5. The standard InChI is InChI=1S/C11H16N2O4S/c1-11(2,7-10(12)15)13-18(16,17)9-5-3-4-8(14)6-9/h3-6,13-14H,7H2,1-2H3,(H2,12,15). The number of primary amides is 1. The van der Waals surface area contributed by atoms with Gasteiger partial charge in [0, 0.05) is 12.0 Å². The van der Waals surface area contributed by atoms with E-state index >= 15 is 0 Å². The number of aromatic hydroxyl groups is 1. The first-order valence-electron chi connectivity index (χ1n) is 5.24. The van der Waals surface area contributed by atoms with Gasteiger partial charge < -0.3 is 10.8 Å². The fraction of sp³-hybridized carbons (Fsp3) is 0.364. The number of phenols is 1. The van der Waals surface area contributed by atoms with E-state index in [1.807, 2.05) is 0 Å². The average molecular weight is 272 g/mol. The molecule has 0 saturated carbocycles. The Hall–Kier alpha value is -1.60. The number of nitrogens with one attached hydrogen (secondary N) is 1. The van der Waals surface area contributed by atoms with Crippen molar-refractivity contribution in [1.82, 2.24) is 4.72 Å². The van der Waals surface area contributed by atoms with Gasteiger partial charge in [0.05, 0.1) is 4.90 Å². The second kappa shape index (κ2) is 4.95. The van der Waals surface area contributed by atoms with Crippen LogP contribution in [0.15, 0.2) is 29.2 Å². The highest BCUT2D eigenvalue weighted by molar-refractivity contribution is 7.89. The molecule has 1 amide bonds. The summed E-state index contributed by atoms with van der Waals surface area (Å²) in [6.07, 6.45) is -0.120. The monoisotopic (exact) mass is 272 g/mol. The lowest BCUT2D eigenvalue weighted by Gasteiger charge is -2.24. The highest BCUT2D eigenvalue weighted by Gasteiger charge is 2.27. The molecule has 0 bridgehead atoms. The molecule has 0 heterocycles. The van der Waals surface area contributed by atoms with E-state index < -0.39 is 21.5 Å². The van der Waals surface area contributed by atoms with Gasteiger partial charge in [0.1, 0.15) is 5.75 Å². The number of amides is 1. The van der Waals surface area contributed by atoms with E-state index in [9.17, 15) is 18.3 Å². The molecule has 0 radical (unpaired) electrons. The molecular weight excluding hydrogens is 256 g/mol. The van der Waals surface area contributed by atoms with Gasteiger partial charge in [-0.2, -0.15) is 0 Å². The SMILES string of the molecule is CC(C)(CC(N)=O)NS(=O)(=O)c1cccc(O)c1. The molecule has 0 aliphatic rings. The molecule has 0 fully saturated rings. The Morgan fingerprint density at radius 3 is 2.56 bits per heavy atom. The van der Waals surface area contributed by atoms with E-state index in [1.54, 1.807) is 13.8 Å². The van der Waals surface area contributed by atoms with Crippen molar-refractivity contribution in [3.63, 3.8) is 0 Å². The first kappa shape index (κ1) is 14.5. The zero-order valence-electron chi connectivity index (χ0n) is 10.2. The Morgan fingerprint density at radius 2 is 2.06 bits per heavy atom. The third-order valence-electron chi connectivity index (χ3n) is 2.15. The number of carbonyl (C=O) groups excluding carboxylic acids is 1. The third-order valence-corrected chi connectivity index (χ3v) is 3.85. The smallest absolute Gasteiger partial charge is 0.241 e. The van der Waals surface area contributed by atoms with Gasteiger partial charge in [0.2, 0.25) is 15.9 Å². The van der Waals surface area contributed by atoms with E-state index in [2.05, 4.69) is 4.72 Å². The minimum atomic E-state index is -3.80. The van der Waals surface area contributed by atoms with Gasteiger partial charge >= 0.3 is 0 Å². The fourth-order valence-corrected chi connectivity index (χ4v) is 3.00. The number of hydrogen-bond donors (Lipinski definition) is 3. The Morgan fingerprint density at radius 1 is 1.44 bits per heavy atom. The molecule has 0 atom stereocenters. The van der Waals surface area contributed by atoms with Gasteiger partial charge in [-0.3, -0.25) is 4.79 Å². The minimum absolute atomic E-state index is 0.0694. The molecule has 0 aromatic heterocycles. The fourth-order valence-electron chi connectivity index (χ4n) is 1.54. The largest absolute Gasteiger partial charge is 0.508 e. The highest BCUT2D eigenvalue weighted by Crippen LogP contribution is 2.19. The summed E-state index contributed by atoms with van der Waals surface area (Å²) in [6, 6.07) is 5.27. The summed E-state index contributed by atoms with van der Waals surface area (Å²) in [4.78, 5) is 10.8. The van der Waals surface area contributed by atoms with E-state index in [0.717, 1.165) is 6.07 Å². The second-order valence-corrected chi connectivity index (χ2v) is 6.31. The van der Waals surface area contributed by atoms with Crippen LogP contribution >= 0.6 is 0 Å². The van der Waals surface area contributed by atoms with Gasteiger partial charge in [0.15, 0.2) is 0 Å². The quantitative estimate of drug-likeness (QED) is 0.717. The summed E-state index contributed by atoms with van der Waals surface area (Å²) in [7, 11) is -3.80. The molecule has 7 heteroatoms. The molecule has 1 aromatic rings. The summed E-state index contributed by atoms with van der Waals surface area (Å²) in [5.74, 6) is -0.746. The van der Waals surface area contributed by atoms with Crippen molar-refractivity contribution in [2.45, 2.75) is 30.7 Å². The number of carbonyl (C=O) groups is 1. The zero-order chi connectivity index (χ0) is 14.0. The van der Waals surface area contributed by atoms with E-state index in [0.29, 0.717) is 0 Å². The van der Waals surface area contributed by atoms with E-state index in [1.165, 1.54) is 18.2 Å². The van der Waals surface area contributed by atoms with Gasteiger partial charge in [-0.25, -0.2) is 13.1 Å². The predicted octanol–water partition coefficient (Wildman–Crippen LogP) is 0.325. The number of hydrogen-bond acceptors (Lipinski definition) is 4. The van der Waals surface area contributed by atoms with Gasteiger partial charge in [-0.1, -0.05) is 6.07 Å². The summed E-state index contributed by atoms with van der Waals surface area (Å²) >= 11 is 0. The van der Waals surface area contributed by atoms with E-state index in [-0.39, 0.29) is 17.1 Å². The number of benzene rings is 1. The average Bonchev–Trinajstić information content (AvgIpc) is 2.13. The third kappa shape index (κ3) is 4.01. The molecule has 6 nitrogen and oxygen atoms in total. The first-order valence-corrected chi connectivity index (χ1v) is 6.72. The van der Waals surface area contributed by atoms with E-state index in [4.69, 9.17) is 5.73 Å². The van der Waals surface area contributed by atoms with Crippen LogP contribution < -0.4 is 10.5 Å². The van der Waals surface area contributed by atoms with Crippen LogP contribution in [0, 0.1) is 0 Å². The molecule has 4 N–H and O–H groups in total. The van der Waals surface area contributed by atoms with Crippen LogP contribution in [0.25, 0.3) is 0 Å². The maximum Gasteiger partial charge on any atom is 0.241 e. The normalized spacial score (nSPS) is 12.3. The van der Waals surface area contributed by atoms with Gasteiger partial charge in [0.25, 0.3) is 0 Å². The van der Waals surface area contributed by atoms with Gasteiger partial charge in [-0.15, -0.1) is 0 Å². The van der Waals surface area contributed by atoms with Crippen LogP contribution in [0.1, 0.15) is 20.3 Å². The summed E-state index contributed by atoms with van der Waals surface area (Å²) < 4.78 is 26.4. The molecule has 0 aliphatic heterocycles. The lowest BCUT2D eigenvalue weighted by atomic mass is 10.0. The molecular formula is C11H16N2O4S. The number of phenolic OH excluding ortho intramolecular Hbond substituents is 1. The molecule has 0 spiro atoms. The van der Waals surface area contributed by atoms with Crippen molar-refractivity contribution in [3.05, 3.63) is 24.3 Å². The predicted molar refractivity (Wildman–Crippen MR) is 66.3 cm³/mol. The first-order chi connectivity index (χ1) is 8.12. The second-order valence-electron chi connectivity index (χ2n) is 4.63. The van der Waals surface area contributed by atoms with Crippen LogP contribution in [0.2, 0.25) is 0 Å². The zero-order valence-corrected chi connectivity index (χ0v) is 11.0. The molecule has 1 rings (SSSR count). The molecule has 1 aromatic carbocycles. The molecule has 0 aliphatic carbocycles. The van der Waals surface area contributed by atoms with Crippen molar-refractivity contribution < 1.29 is 18.3 Å². The van der Waals surface area contributed by atoms with Crippen LogP contribution in [-0.2, 0) is 14.8 Å². The van der Waals surface area contributed by atoms with Crippen LogP contribution in [0.5, 0.6) is 5.75 Å². The van der Waals surface area contributed by atoms with Crippen molar-refractivity contribution in [1.29, 1.82) is 0 Å². The Balaban J connectivity index is 2.99. The molecule has 0 unspecified atom stereocenters.